The number of rotatable bonds is 4. The van der Waals surface area contributed by atoms with Gasteiger partial charge in [-0.15, -0.1) is 5.10 Å². The van der Waals surface area contributed by atoms with Crippen LogP contribution in [0.3, 0.4) is 0 Å². The molecule has 3 heterocycles. The lowest BCUT2D eigenvalue weighted by Gasteiger charge is -2.31. The minimum Gasteiger partial charge on any atom is -0.356 e. The molecule has 1 fully saturated rings. The fourth-order valence-corrected chi connectivity index (χ4v) is 4.84. The molecule has 1 atom stereocenters. The Hall–Kier alpha value is -3.26. The Labute approximate surface area is 183 Å². The number of hydrogen-bond donors (Lipinski definition) is 1. The number of fused-ring (bicyclic) bond motifs is 2. The van der Waals surface area contributed by atoms with Gasteiger partial charge in [-0.25, -0.2) is 4.98 Å². The van der Waals surface area contributed by atoms with E-state index in [0.29, 0.717) is 39.0 Å². The number of hydrogen-bond acceptors (Lipinski definition) is 6. The maximum atomic E-state index is 13.0. The molecule has 0 aliphatic carbocycles. The average Bonchev–Trinajstić information content (AvgIpc) is 3.21. The van der Waals surface area contributed by atoms with Crippen molar-refractivity contribution in [3.8, 4) is 0 Å². The smallest absolute Gasteiger partial charge is 0.283 e. The van der Waals surface area contributed by atoms with Gasteiger partial charge in [0.2, 0.25) is 10.1 Å². The second kappa shape index (κ2) is 8.11. The minimum atomic E-state index is -0.227. The number of anilines is 1. The Morgan fingerprint density at radius 1 is 1.23 bits per heavy atom. The zero-order chi connectivity index (χ0) is 21.4. The van der Waals surface area contributed by atoms with Gasteiger partial charge in [0.15, 0.2) is 0 Å². The van der Waals surface area contributed by atoms with Gasteiger partial charge in [-0.1, -0.05) is 48.6 Å². The summed E-state index contributed by atoms with van der Waals surface area (Å²) in [5.74, 6) is 0.518. The number of carbonyl (C=O) groups excluding carboxylic acids is 1. The van der Waals surface area contributed by atoms with Gasteiger partial charge in [-0.2, -0.15) is 4.52 Å². The number of piperidine rings is 1. The highest BCUT2D eigenvalue weighted by Gasteiger charge is 2.22. The van der Waals surface area contributed by atoms with Gasteiger partial charge in [-0.05, 0) is 42.5 Å². The first kappa shape index (κ1) is 19.7. The van der Waals surface area contributed by atoms with E-state index in [0.717, 1.165) is 31.5 Å². The van der Waals surface area contributed by atoms with Crippen molar-refractivity contribution in [2.75, 3.05) is 18.4 Å². The highest BCUT2D eigenvalue weighted by Crippen LogP contribution is 2.22. The van der Waals surface area contributed by atoms with E-state index in [-0.39, 0.29) is 11.5 Å². The van der Waals surface area contributed by atoms with Crippen molar-refractivity contribution < 1.29 is 4.79 Å². The Bertz CT molecular complexity index is 1310. The van der Waals surface area contributed by atoms with Gasteiger partial charge >= 0.3 is 0 Å². The molecule has 1 saturated heterocycles. The monoisotopic (exact) mass is 433 g/mol. The lowest BCUT2D eigenvalue weighted by molar-refractivity contribution is 0.0683. The molecule has 0 unspecified atom stereocenters. The van der Waals surface area contributed by atoms with E-state index in [2.05, 4.69) is 22.3 Å². The molecule has 31 heavy (non-hydrogen) atoms. The van der Waals surface area contributed by atoms with Crippen LogP contribution >= 0.6 is 11.3 Å². The Morgan fingerprint density at radius 2 is 2.06 bits per heavy atom. The Balaban J connectivity index is 1.45. The van der Waals surface area contributed by atoms with E-state index in [4.69, 9.17) is 0 Å². The summed E-state index contributed by atoms with van der Waals surface area (Å²) >= 11 is 1.32. The van der Waals surface area contributed by atoms with Crippen LogP contribution in [0.25, 0.3) is 15.9 Å². The van der Waals surface area contributed by atoms with Crippen molar-refractivity contribution in [3.63, 3.8) is 0 Å². The molecular formula is C23H23N5O2S. The van der Waals surface area contributed by atoms with Crippen molar-refractivity contribution in [2.24, 2.45) is 5.92 Å². The van der Waals surface area contributed by atoms with Crippen LogP contribution in [0, 0.1) is 5.92 Å². The second-order valence-corrected chi connectivity index (χ2v) is 9.04. The summed E-state index contributed by atoms with van der Waals surface area (Å²) in [5, 5.41) is 8.73. The number of amides is 1. The molecule has 1 N–H and O–H groups in total. The van der Waals surface area contributed by atoms with Crippen molar-refractivity contribution in [1.29, 1.82) is 0 Å². The zero-order valence-electron chi connectivity index (χ0n) is 17.2. The summed E-state index contributed by atoms with van der Waals surface area (Å²) in [6.45, 7) is 4.34. The standard InChI is InChI=1S/C23H23N5O2S/c1-15-6-5-11-27(14-15)20(29)17-9-10-18-19(12-17)25-23-28(21(18)30)26-22(31-23)24-13-16-7-3-2-4-8-16/h2-4,7-10,12,15H,5-6,11,13-14H2,1H3,(H,24,26)/t15-/m0/s1. The SMILES string of the molecule is C[C@H]1CCCN(C(=O)c2ccc3c(=O)n4nc(NCc5ccccc5)sc4nc3c2)C1. The number of nitrogens with one attached hydrogen (secondary N) is 1. The molecule has 0 bridgehead atoms. The molecule has 4 aromatic rings. The van der Waals surface area contributed by atoms with Crippen LogP contribution in [0.2, 0.25) is 0 Å². The summed E-state index contributed by atoms with van der Waals surface area (Å²) < 4.78 is 1.33. The summed E-state index contributed by atoms with van der Waals surface area (Å²) in [5.41, 5.74) is 2.00. The molecule has 0 radical (unpaired) electrons. The van der Waals surface area contributed by atoms with Crippen LogP contribution < -0.4 is 10.9 Å². The maximum Gasteiger partial charge on any atom is 0.283 e. The van der Waals surface area contributed by atoms with E-state index in [1.165, 1.54) is 15.9 Å². The molecular weight excluding hydrogens is 410 g/mol. The predicted octanol–water partition coefficient (Wildman–Crippen LogP) is 3.79. The van der Waals surface area contributed by atoms with E-state index in [9.17, 15) is 9.59 Å². The molecule has 8 heteroatoms. The molecule has 0 saturated carbocycles. The van der Waals surface area contributed by atoms with Crippen molar-refractivity contribution in [2.45, 2.75) is 26.3 Å². The van der Waals surface area contributed by atoms with Gasteiger partial charge in [0.1, 0.15) is 0 Å². The third-order valence-electron chi connectivity index (χ3n) is 5.67. The number of nitrogens with zero attached hydrogens (tertiary/aromatic N) is 4. The maximum absolute atomic E-state index is 13.0. The molecule has 158 valence electrons. The first-order chi connectivity index (χ1) is 15.1. The second-order valence-electron chi connectivity index (χ2n) is 8.09. The summed E-state index contributed by atoms with van der Waals surface area (Å²) in [7, 11) is 0. The zero-order valence-corrected chi connectivity index (χ0v) is 18.1. The molecule has 7 nitrogen and oxygen atoms in total. The molecule has 1 aliphatic rings. The van der Waals surface area contributed by atoms with Crippen LogP contribution in [0.1, 0.15) is 35.7 Å². The van der Waals surface area contributed by atoms with Crippen LogP contribution in [0.15, 0.2) is 53.3 Å². The summed E-state index contributed by atoms with van der Waals surface area (Å²) in [6, 6.07) is 15.1. The first-order valence-electron chi connectivity index (χ1n) is 10.5. The average molecular weight is 434 g/mol. The van der Waals surface area contributed by atoms with Crippen molar-refractivity contribution in [3.05, 3.63) is 70.0 Å². The fourth-order valence-electron chi connectivity index (χ4n) is 4.04. The highest BCUT2D eigenvalue weighted by atomic mass is 32.1. The van der Waals surface area contributed by atoms with E-state index >= 15 is 0 Å². The summed E-state index contributed by atoms with van der Waals surface area (Å²) in [4.78, 5) is 32.9. The predicted molar refractivity (Wildman–Crippen MR) is 123 cm³/mol. The largest absolute Gasteiger partial charge is 0.356 e. The van der Waals surface area contributed by atoms with Crippen LogP contribution in [-0.2, 0) is 6.54 Å². The molecule has 5 rings (SSSR count). The van der Waals surface area contributed by atoms with Crippen molar-refractivity contribution >= 4 is 38.2 Å². The number of likely N-dealkylation sites (tertiary alicyclic amines) is 1. The number of carbonyl (C=O) groups is 1. The number of aromatic nitrogens is 3. The van der Waals surface area contributed by atoms with Gasteiger partial charge in [-0.3, -0.25) is 9.59 Å². The third kappa shape index (κ3) is 3.90. The van der Waals surface area contributed by atoms with Gasteiger partial charge in [0.25, 0.3) is 11.5 Å². The lowest BCUT2D eigenvalue weighted by Crippen LogP contribution is -2.39. The van der Waals surface area contributed by atoms with Gasteiger partial charge < -0.3 is 10.2 Å². The number of benzene rings is 2. The van der Waals surface area contributed by atoms with E-state index in [1.807, 2.05) is 35.2 Å². The van der Waals surface area contributed by atoms with Gasteiger partial charge in [0, 0.05) is 25.2 Å². The quantitative estimate of drug-likeness (QED) is 0.530. The third-order valence-corrected chi connectivity index (χ3v) is 6.54. The van der Waals surface area contributed by atoms with Crippen LogP contribution in [-0.4, -0.2) is 38.5 Å². The first-order valence-corrected chi connectivity index (χ1v) is 11.3. The molecule has 0 spiro atoms. The van der Waals surface area contributed by atoms with Gasteiger partial charge in [0.05, 0.1) is 10.9 Å². The highest BCUT2D eigenvalue weighted by molar-refractivity contribution is 7.20. The molecule has 1 aliphatic heterocycles. The van der Waals surface area contributed by atoms with E-state index < -0.39 is 0 Å². The van der Waals surface area contributed by atoms with E-state index in [1.54, 1.807) is 18.2 Å². The molecule has 2 aromatic carbocycles. The lowest BCUT2D eigenvalue weighted by atomic mass is 9.99. The summed E-state index contributed by atoms with van der Waals surface area (Å²) in [6.07, 6.45) is 2.18. The molecule has 1 amide bonds. The Kier molecular flexibility index (Phi) is 5.15. The topological polar surface area (TPSA) is 79.6 Å². The molecule has 2 aromatic heterocycles. The van der Waals surface area contributed by atoms with Crippen LogP contribution in [0.5, 0.6) is 0 Å². The minimum absolute atomic E-state index is 0.00460. The normalized spacial score (nSPS) is 16.7. The van der Waals surface area contributed by atoms with Crippen LogP contribution in [0.4, 0.5) is 5.13 Å². The van der Waals surface area contributed by atoms with Crippen molar-refractivity contribution in [1.82, 2.24) is 19.5 Å². The fraction of sp³-hybridized carbons (Fsp3) is 0.304. The Morgan fingerprint density at radius 3 is 2.87 bits per heavy atom.